The van der Waals surface area contributed by atoms with Crippen LogP contribution >= 0.6 is 11.3 Å². The molecule has 7 nitrogen and oxygen atoms in total. The van der Waals surface area contributed by atoms with Crippen molar-refractivity contribution in [3.05, 3.63) is 89.0 Å². The van der Waals surface area contributed by atoms with Gasteiger partial charge in [-0.05, 0) is 29.3 Å². The number of para-hydroxylation sites is 2. The van der Waals surface area contributed by atoms with E-state index in [4.69, 9.17) is 4.98 Å². The highest BCUT2D eigenvalue weighted by molar-refractivity contribution is 7.07. The van der Waals surface area contributed by atoms with Crippen LogP contribution < -0.4 is 5.32 Å². The van der Waals surface area contributed by atoms with Gasteiger partial charge in [0.15, 0.2) is 5.82 Å². The normalized spacial score (nSPS) is 11.1. The van der Waals surface area contributed by atoms with Crippen LogP contribution in [0.15, 0.2) is 77.9 Å². The second kappa shape index (κ2) is 8.53. The summed E-state index contributed by atoms with van der Waals surface area (Å²) < 4.78 is 3.80. The van der Waals surface area contributed by atoms with Gasteiger partial charge in [-0.15, -0.1) is 11.3 Å². The van der Waals surface area contributed by atoms with Gasteiger partial charge in [0.05, 0.1) is 23.1 Å². The van der Waals surface area contributed by atoms with E-state index >= 15 is 0 Å². The standard InChI is InChI=1S/C23H20N6OS/c30-22(24-12-17-6-1-2-7-18(17)13-28-11-5-10-26-28)14-29-21-9-4-3-8-19(21)27-23(29)20-15-31-16-25-20/h1-11,15-16H,12-14H2,(H,24,30). The van der Waals surface area contributed by atoms with E-state index in [9.17, 15) is 4.79 Å². The molecule has 31 heavy (non-hydrogen) atoms. The van der Waals surface area contributed by atoms with E-state index in [2.05, 4.69) is 21.5 Å². The molecule has 0 radical (unpaired) electrons. The minimum atomic E-state index is -0.0754. The van der Waals surface area contributed by atoms with Crippen LogP contribution in [0.3, 0.4) is 0 Å². The fraction of sp³-hybridized carbons (Fsp3) is 0.130. The lowest BCUT2D eigenvalue weighted by molar-refractivity contribution is -0.121. The van der Waals surface area contributed by atoms with E-state index in [0.29, 0.717) is 18.9 Å². The quantitative estimate of drug-likeness (QED) is 0.429. The number of hydrogen-bond acceptors (Lipinski definition) is 5. The molecule has 0 aliphatic heterocycles. The van der Waals surface area contributed by atoms with Gasteiger partial charge in [-0.25, -0.2) is 9.97 Å². The molecular formula is C23H20N6OS. The first-order valence-corrected chi connectivity index (χ1v) is 10.9. The van der Waals surface area contributed by atoms with Crippen molar-refractivity contribution < 1.29 is 4.79 Å². The Bertz CT molecular complexity index is 1310. The number of carbonyl (C=O) groups excluding carboxylic acids is 1. The minimum absolute atomic E-state index is 0.0754. The van der Waals surface area contributed by atoms with Crippen molar-refractivity contribution in [2.75, 3.05) is 0 Å². The number of imidazole rings is 1. The minimum Gasteiger partial charge on any atom is -0.350 e. The highest BCUT2D eigenvalue weighted by Crippen LogP contribution is 2.24. The van der Waals surface area contributed by atoms with Crippen molar-refractivity contribution in [1.29, 1.82) is 0 Å². The second-order valence-corrected chi connectivity index (χ2v) is 7.85. The molecule has 3 heterocycles. The molecule has 0 fully saturated rings. The largest absolute Gasteiger partial charge is 0.350 e. The molecule has 1 amide bonds. The molecule has 0 unspecified atom stereocenters. The first-order valence-electron chi connectivity index (χ1n) is 9.92. The van der Waals surface area contributed by atoms with Gasteiger partial charge in [0, 0.05) is 24.3 Å². The molecule has 5 aromatic rings. The summed E-state index contributed by atoms with van der Waals surface area (Å²) in [6.45, 7) is 1.29. The predicted octanol–water partition coefficient (Wildman–Crippen LogP) is 3.72. The highest BCUT2D eigenvalue weighted by atomic mass is 32.1. The van der Waals surface area contributed by atoms with Crippen LogP contribution in [-0.4, -0.2) is 30.2 Å². The van der Waals surface area contributed by atoms with E-state index in [1.165, 1.54) is 11.3 Å². The Hall–Kier alpha value is -3.78. The number of benzene rings is 2. The average Bonchev–Trinajstić information content (AvgIpc) is 3.55. The maximum atomic E-state index is 12.9. The molecule has 0 saturated heterocycles. The summed E-state index contributed by atoms with van der Waals surface area (Å²) in [6.07, 6.45) is 3.69. The van der Waals surface area contributed by atoms with Crippen molar-refractivity contribution >= 4 is 28.3 Å². The van der Waals surface area contributed by atoms with Crippen LogP contribution in [0, 0.1) is 0 Å². The van der Waals surface area contributed by atoms with Gasteiger partial charge < -0.3 is 9.88 Å². The first-order chi connectivity index (χ1) is 15.3. The van der Waals surface area contributed by atoms with Crippen LogP contribution in [0.25, 0.3) is 22.6 Å². The number of amides is 1. The molecule has 0 saturated carbocycles. The van der Waals surface area contributed by atoms with E-state index < -0.39 is 0 Å². The lowest BCUT2D eigenvalue weighted by Crippen LogP contribution is -2.28. The summed E-state index contributed by atoms with van der Waals surface area (Å²) in [5.41, 5.74) is 6.51. The zero-order valence-electron chi connectivity index (χ0n) is 16.7. The summed E-state index contributed by atoms with van der Waals surface area (Å²) in [5, 5.41) is 9.28. The molecule has 1 N–H and O–H groups in total. The molecule has 2 aromatic carbocycles. The molecule has 3 aromatic heterocycles. The van der Waals surface area contributed by atoms with Crippen LogP contribution in [0.4, 0.5) is 0 Å². The second-order valence-electron chi connectivity index (χ2n) is 7.13. The Balaban J connectivity index is 1.34. The molecule has 0 aliphatic carbocycles. The number of aromatic nitrogens is 5. The average molecular weight is 429 g/mol. The van der Waals surface area contributed by atoms with Gasteiger partial charge in [-0.2, -0.15) is 5.10 Å². The zero-order valence-corrected chi connectivity index (χ0v) is 17.5. The number of thiazole rings is 1. The van der Waals surface area contributed by atoms with E-state index in [-0.39, 0.29) is 12.5 Å². The number of nitrogens with one attached hydrogen (secondary N) is 1. The van der Waals surface area contributed by atoms with Gasteiger partial charge in [-0.3, -0.25) is 9.48 Å². The van der Waals surface area contributed by atoms with Crippen molar-refractivity contribution in [3.8, 4) is 11.5 Å². The number of nitrogens with zero attached hydrogens (tertiary/aromatic N) is 5. The topological polar surface area (TPSA) is 77.6 Å². The molecule has 154 valence electrons. The first kappa shape index (κ1) is 19.2. The lowest BCUT2D eigenvalue weighted by Gasteiger charge is -2.12. The smallest absolute Gasteiger partial charge is 0.240 e. The Morgan fingerprint density at radius 1 is 1.03 bits per heavy atom. The van der Waals surface area contributed by atoms with Crippen molar-refractivity contribution in [2.24, 2.45) is 0 Å². The molecular weight excluding hydrogens is 408 g/mol. The molecule has 5 rings (SSSR count). The molecule has 0 spiro atoms. The third kappa shape index (κ3) is 4.10. The van der Waals surface area contributed by atoms with Gasteiger partial charge in [0.25, 0.3) is 0 Å². The van der Waals surface area contributed by atoms with Crippen LogP contribution in [0.5, 0.6) is 0 Å². The third-order valence-corrected chi connectivity index (χ3v) is 5.69. The molecule has 8 heteroatoms. The zero-order chi connectivity index (χ0) is 21.0. The highest BCUT2D eigenvalue weighted by Gasteiger charge is 2.16. The Morgan fingerprint density at radius 3 is 2.68 bits per heavy atom. The van der Waals surface area contributed by atoms with Crippen LogP contribution in [-0.2, 0) is 24.4 Å². The SMILES string of the molecule is O=C(Cn1c(-c2cscn2)nc2ccccc21)NCc1ccccc1Cn1cccn1. The number of hydrogen-bond donors (Lipinski definition) is 1. The van der Waals surface area contributed by atoms with Crippen LogP contribution in [0.1, 0.15) is 11.1 Å². The van der Waals surface area contributed by atoms with Crippen LogP contribution in [0.2, 0.25) is 0 Å². The lowest BCUT2D eigenvalue weighted by atomic mass is 10.1. The fourth-order valence-corrected chi connectivity index (χ4v) is 4.13. The van der Waals surface area contributed by atoms with Gasteiger partial charge in [0.2, 0.25) is 5.91 Å². The fourth-order valence-electron chi connectivity index (χ4n) is 3.60. The van der Waals surface area contributed by atoms with E-state index in [0.717, 1.165) is 27.9 Å². The Labute approximate surface area is 183 Å². The van der Waals surface area contributed by atoms with E-state index in [1.807, 2.05) is 69.4 Å². The van der Waals surface area contributed by atoms with Gasteiger partial charge in [-0.1, -0.05) is 36.4 Å². The van der Waals surface area contributed by atoms with E-state index in [1.54, 1.807) is 11.7 Å². The van der Waals surface area contributed by atoms with Crippen molar-refractivity contribution in [1.82, 2.24) is 29.6 Å². The summed E-state index contributed by atoms with van der Waals surface area (Å²) in [6, 6.07) is 17.8. The summed E-state index contributed by atoms with van der Waals surface area (Å²) in [4.78, 5) is 22.0. The molecule has 0 atom stereocenters. The third-order valence-electron chi connectivity index (χ3n) is 5.10. The van der Waals surface area contributed by atoms with Gasteiger partial charge >= 0.3 is 0 Å². The maximum Gasteiger partial charge on any atom is 0.240 e. The van der Waals surface area contributed by atoms with Gasteiger partial charge in [0.1, 0.15) is 12.2 Å². The Kier molecular flexibility index (Phi) is 5.28. The number of fused-ring (bicyclic) bond motifs is 1. The monoisotopic (exact) mass is 428 g/mol. The maximum absolute atomic E-state index is 12.9. The number of rotatable bonds is 7. The predicted molar refractivity (Wildman–Crippen MR) is 120 cm³/mol. The summed E-state index contributed by atoms with van der Waals surface area (Å²) in [7, 11) is 0. The molecule has 0 aliphatic rings. The summed E-state index contributed by atoms with van der Waals surface area (Å²) in [5.74, 6) is 0.630. The van der Waals surface area contributed by atoms with Crippen molar-refractivity contribution in [2.45, 2.75) is 19.6 Å². The van der Waals surface area contributed by atoms with Crippen molar-refractivity contribution in [3.63, 3.8) is 0 Å². The molecule has 0 bridgehead atoms. The number of carbonyl (C=O) groups is 1. The Morgan fingerprint density at radius 2 is 1.87 bits per heavy atom. The summed E-state index contributed by atoms with van der Waals surface area (Å²) >= 11 is 1.51.